The summed E-state index contributed by atoms with van der Waals surface area (Å²) >= 11 is 0. The van der Waals surface area contributed by atoms with Gasteiger partial charge in [0.15, 0.2) is 23.0 Å². The molecular formula is C24H23NO5. The molecule has 0 fully saturated rings. The molecule has 0 saturated carbocycles. The Morgan fingerprint density at radius 1 is 0.833 bits per heavy atom. The van der Waals surface area contributed by atoms with E-state index in [2.05, 4.69) is 23.5 Å². The number of benzene rings is 3. The molecule has 0 aromatic heterocycles. The van der Waals surface area contributed by atoms with E-state index in [0.29, 0.717) is 0 Å². The minimum Gasteiger partial charge on any atom is -0.496 e. The smallest absolute Gasteiger partial charge is 0.231 e. The van der Waals surface area contributed by atoms with E-state index in [1.807, 2.05) is 42.5 Å². The lowest BCUT2D eigenvalue weighted by atomic mass is 9.87. The molecule has 0 aliphatic carbocycles. The molecule has 2 aliphatic heterocycles. The monoisotopic (exact) mass is 405 g/mol. The fourth-order valence-corrected chi connectivity index (χ4v) is 3.95. The highest BCUT2D eigenvalue weighted by molar-refractivity contribution is 5.56. The van der Waals surface area contributed by atoms with E-state index >= 15 is 0 Å². The first-order valence-corrected chi connectivity index (χ1v) is 9.98. The van der Waals surface area contributed by atoms with Crippen molar-refractivity contribution in [3.05, 3.63) is 71.8 Å². The molecule has 2 aliphatic rings. The summed E-state index contributed by atoms with van der Waals surface area (Å²) in [7, 11) is 1.71. The third-order valence-corrected chi connectivity index (χ3v) is 5.45. The van der Waals surface area contributed by atoms with Crippen LogP contribution in [0.15, 0.2) is 60.7 Å². The summed E-state index contributed by atoms with van der Waals surface area (Å²) in [5.41, 5.74) is 3.31. The van der Waals surface area contributed by atoms with Crippen LogP contribution in [0.5, 0.6) is 28.7 Å². The summed E-state index contributed by atoms with van der Waals surface area (Å²) < 4.78 is 27.6. The van der Waals surface area contributed by atoms with Gasteiger partial charge in [-0.2, -0.15) is 0 Å². The van der Waals surface area contributed by atoms with Crippen molar-refractivity contribution in [2.24, 2.45) is 0 Å². The van der Waals surface area contributed by atoms with Crippen LogP contribution in [-0.2, 0) is 0 Å². The van der Waals surface area contributed by atoms with Gasteiger partial charge in [-0.05, 0) is 42.3 Å². The van der Waals surface area contributed by atoms with Gasteiger partial charge in [0.05, 0.1) is 7.11 Å². The van der Waals surface area contributed by atoms with Gasteiger partial charge in [-0.3, -0.25) is 0 Å². The molecule has 0 spiro atoms. The number of anilines is 1. The van der Waals surface area contributed by atoms with Gasteiger partial charge in [0.2, 0.25) is 13.6 Å². The fraction of sp³-hybridized carbons (Fsp3) is 0.250. The number of hydrogen-bond acceptors (Lipinski definition) is 6. The third-order valence-electron chi connectivity index (χ3n) is 5.45. The van der Waals surface area contributed by atoms with Crippen molar-refractivity contribution in [2.75, 3.05) is 32.6 Å². The first-order chi connectivity index (χ1) is 14.8. The normalized spacial score (nSPS) is 14.4. The largest absolute Gasteiger partial charge is 0.496 e. The van der Waals surface area contributed by atoms with E-state index in [0.717, 1.165) is 58.5 Å². The van der Waals surface area contributed by atoms with Crippen LogP contribution in [0.2, 0.25) is 0 Å². The van der Waals surface area contributed by atoms with Crippen LogP contribution >= 0.6 is 0 Å². The van der Waals surface area contributed by atoms with Gasteiger partial charge in [-0.25, -0.2) is 0 Å². The Kier molecular flexibility index (Phi) is 4.97. The average molecular weight is 405 g/mol. The van der Waals surface area contributed by atoms with Crippen LogP contribution in [-0.4, -0.2) is 27.2 Å². The third kappa shape index (κ3) is 3.56. The van der Waals surface area contributed by atoms with E-state index in [1.54, 1.807) is 7.11 Å². The Hall–Kier alpha value is -3.54. The van der Waals surface area contributed by atoms with Gasteiger partial charge < -0.3 is 29.0 Å². The van der Waals surface area contributed by atoms with Crippen LogP contribution in [0.4, 0.5) is 5.69 Å². The predicted octanol–water partition coefficient (Wildman–Crippen LogP) is 4.79. The number of fused-ring (bicyclic) bond motifs is 2. The van der Waals surface area contributed by atoms with Crippen molar-refractivity contribution in [3.8, 4) is 28.7 Å². The van der Waals surface area contributed by atoms with E-state index in [9.17, 15) is 0 Å². The van der Waals surface area contributed by atoms with Gasteiger partial charge in [-0.1, -0.05) is 24.3 Å². The molecule has 1 N–H and O–H groups in total. The van der Waals surface area contributed by atoms with Crippen LogP contribution in [0.1, 0.15) is 23.5 Å². The molecule has 0 bridgehead atoms. The van der Waals surface area contributed by atoms with Crippen molar-refractivity contribution >= 4 is 5.69 Å². The SMILES string of the molecule is COc1ccccc1C(CCNc1ccc2c(c1)OCO2)c1ccc2c(c1)OCO2. The topological polar surface area (TPSA) is 58.2 Å². The molecule has 2 heterocycles. The first-order valence-electron chi connectivity index (χ1n) is 9.98. The minimum absolute atomic E-state index is 0.136. The average Bonchev–Trinajstić information content (AvgIpc) is 3.45. The van der Waals surface area contributed by atoms with Gasteiger partial charge in [-0.15, -0.1) is 0 Å². The second-order valence-corrected chi connectivity index (χ2v) is 7.19. The molecule has 154 valence electrons. The number of rotatable bonds is 7. The summed E-state index contributed by atoms with van der Waals surface area (Å²) in [5, 5.41) is 3.50. The van der Waals surface area contributed by atoms with Crippen LogP contribution < -0.4 is 29.0 Å². The summed E-state index contributed by atoms with van der Waals surface area (Å²) in [6, 6.07) is 20.2. The summed E-state index contributed by atoms with van der Waals surface area (Å²) in [6.45, 7) is 1.32. The second-order valence-electron chi connectivity index (χ2n) is 7.19. The lowest BCUT2D eigenvalue weighted by Crippen LogP contribution is -2.10. The molecule has 1 atom stereocenters. The summed E-state index contributed by atoms with van der Waals surface area (Å²) in [5.74, 6) is 4.15. The van der Waals surface area contributed by atoms with Gasteiger partial charge in [0.25, 0.3) is 0 Å². The maximum Gasteiger partial charge on any atom is 0.231 e. The Bertz CT molecular complexity index is 1050. The number of para-hydroxylation sites is 1. The van der Waals surface area contributed by atoms with Crippen molar-refractivity contribution in [1.82, 2.24) is 0 Å². The highest BCUT2D eigenvalue weighted by atomic mass is 16.7. The molecule has 1 unspecified atom stereocenters. The van der Waals surface area contributed by atoms with Crippen LogP contribution in [0, 0.1) is 0 Å². The number of nitrogens with one attached hydrogen (secondary N) is 1. The Morgan fingerprint density at radius 3 is 2.33 bits per heavy atom. The molecular weight excluding hydrogens is 382 g/mol. The van der Waals surface area contributed by atoms with Crippen molar-refractivity contribution in [2.45, 2.75) is 12.3 Å². The fourth-order valence-electron chi connectivity index (χ4n) is 3.95. The van der Waals surface area contributed by atoms with Gasteiger partial charge in [0.1, 0.15) is 5.75 Å². The first kappa shape index (κ1) is 18.5. The molecule has 30 heavy (non-hydrogen) atoms. The Balaban J connectivity index is 1.38. The highest BCUT2D eigenvalue weighted by Crippen LogP contribution is 2.40. The number of ether oxygens (including phenoxy) is 5. The standard InChI is InChI=1S/C24H23NO5/c1-26-20-5-3-2-4-19(20)18(16-6-8-21-23(12-16)29-14-27-21)10-11-25-17-7-9-22-24(13-17)30-15-28-22/h2-9,12-13,18,25H,10-11,14-15H2,1H3. The summed E-state index contributed by atoms with van der Waals surface area (Å²) in [6.07, 6.45) is 0.870. The van der Waals surface area contributed by atoms with Crippen molar-refractivity contribution in [1.29, 1.82) is 0 Å². The lowest BCUT2D eigenvalue weighted by Gasteiger charge is -2.21. The molecule has 6 nitrogen and oxygen atoms in total. The van der Waals surface area contributed by atoms with Crippen LogP contribution in [0.3, 0.4) is 0 Å². The molecule has 0 amide bonds. The maximum atomic E-state index is 5.65. The van der Waals surface area contributed by atoms with E-state index < -0.39 is 0 Å². The quantitative estimate of drug-likeness (QED) is 0.610. The maximum absolute atomic E-state index is 5.65. The Morgan fingerprint density at radius 2 is 1.53 bits per heavy atom. The molecule has 3 aromatic rings. The highest BCUT2D eigenvalue weighted by Gasteiger charge is 2.22. The molecule has 6 heteroatoms. The number of hydrogen-bond donors (Lipinski definition) is 1. The van der Waals surface area contributed by atoms with Gasteiger partial charge in [0, 0.05) is 29.8 Å². The Labute approximate surface area is 175 Å². The van der Waals surface area contributed by atoms with Gasteiger partial charge >= 0.3 is 0 Å². The van der Waals surface area contributed by atoms with Crippen molar-refractivity contribution < 1.29 is 23.7 Å². The summed E-state index contributed by atoms with van der Waals surface area (Å²) in [4.78, 5) is 0. The van der Waals surface area contributed by atoms with E-state index in [1.165, 1.54) is 0 Å². The van der Waals surface area contributed by atoms with Crippen LogP contribution in [0.25, 0.3) is 0 Å². The minimum atomic E-state index is 0.136. The molecule has 5 rings (SSSR count). The zero-order valence-electron chi connectivity index (χ0n) is 16.7. The van der Waals surface area contributed by atoms with E-state index in [-0.39, 0.29) is 19.5 Å². The molecule has 0 saturated heterocycles. The molecule has 0 radical (unpaired) electrons. The lowest BCUT2D eigenvalue weighted by molar-refractivity contribution is 0.173. The zero-order valence-corrected chi connectivity index (χ0v) is 16.7. The molecule has 3 aromatic carbocycles. The van der Waals surface area contributed by atoms with E-state index in [4.69, 9.17) is 23.7 Å². The number of methoxy groups -OCH3 is 1. The zero-order chi connectivity index (χ0) is 20.3. The van der Waals surface area contributed by atoms with Crippen molar-refractivity contribution in [3.63, 3.8) is 0 Å². The second kappa shape index (κ2) is 8.06. The predicted molar refractivity (Wildman–Crippen MR) is 113 cm³/mol.